The summed E-state index contributed by atoms with van der Waals surface area (Å²) in [5, 5.41) is 15.1. The fourth-order valence-electron chi connectivity index (χ4n) is 2.61. The number of nitrogens with one attached hydrogen (secondary N) is 2. The van der Waals surface area contributed by atoms with Gasteiger partial charge in [-0.25, -0.2) is 9.78 Å². The highest BCUT2D eigenvalue weighted by atomic mass is 16.3. The van der Waals surface area contributed by atoms with Crippen molar-refractivity contribution in [2.75, 3.05) is 6.54 Å². The normalized spacial score (nSPS) is 14.7. The lowest BCUT2D eigenvalue weighted by molar-refractivity contribution is 0.163. The first-order valence-electron chi connectivity index (χ1n) is 8.26. The topological polar surface area (TPSA) is 79.2 Å². The van der Waals surface area contributed by atoms with Crippen LogP contribution in [-0.4, -0.2) is 33.3 Å². The number of carbonyl (C=O) groups excluding carboxylic acids is 1. The van der Waals surface area contributed by atoms with E-state index in [1.165, 1.54) is 0 Å². The van der Waals surface area contributed by atoms with Crippen LogP contribution >= 0.6 is 0 Å². The molecule has 0 aliphatic carbocycles. The maximum atomic E-state index is 12.0. The van der Waals surface area contributed by atoms with Crippen LogP contribution in [0, 0.1) is 5.92 Å². The lowest BCUT2D eigenvalue weighted by Crippen LogP contribution is -2.39. The number of benzene rings is 1. The summed E-state index contributed by atoms with van der Waals surface area (Å²) in [7, 11) is 0. The van der Waals surface area contributed by atoms with Crippen LogP contribution in [0.2, 0.25) is 0 Å². The van der Waals surface area contributed by atoms with E-state index in [-0.39, 0.29) is 24.1 Å². The van der Waals surface area contributed by atoms with Crippen molar-refractivity contribution in [3.63, 3.8) is 0 Å². The summed E-state index contributed by atoms with van der Waals surface area (Å²) in [6.07, 6.45) is 5.70. The zero-order chi connectivity index (χ0) is 17.5. The Labute approximate surface area is 142 Å². The lowest BCUT2D eigenvalue weighted by atomic mass is 10.1. The van der Waals surface area contributed by atoms with Crippen molar-refractivity contribution in [2.24, 2.45) is 5.92 Å². The summed E-state index contributed by atoms with van der Waals surface area (Å²) in [5.41, 5.74) is 2.06. The zero-order valence-electron chi connectivity index (χ0n) is 14.4. The van der Waals surface area contributed by atoms with Gasteiger partial charge in [0, 0.05) is 24.6 Å². The number of rotatable bonds is 7. The van der Waals surface area contributed by atoms with E-state index in [9.17, 15) is 9.90 Å². The molecule has 6 nitrogen and oxygen atoms in total. The molecule has 3 N–H and O–H groups in total. The van der Waals surface area contributed by atoms with E-state index >= 15 is 0 Å². The second kappa shape index (κ2) is 8.49. The highest BCUT2D eigenvalue weighted by molar-refractivity contribution is 5.74. The quantitative estimate of drug-likeness (QED) is 0.730. The van der Waals surface area contributed by atoms with Crippen molar-refractivity contribution in [2.45, 2.75) is 39.3 Å². The number of aliphatic hydroxyl groups is 1. The highest BCUT2D eigenvalue weighted by Gasteiger charge is 2.11. The number of aliphatic hydroxyl groups excluding tert-OH is 1. The molecule has 2 rings (SSSR count). The van der Waals surface area contributed by atoms with Crippen molar-refractivity contribution in [1.82, 2.24) is 20.2 Å². The molecule has 24 heavy (non-hydrogen) atoms. The Balaban J connectivity index is 1.83. The first-order chi connectivity index (χ1) is 11.5. The summed E-state index contributed by atoms with van der Waals surface area (Å²) in [4.78, 5) is 16.0. The number of carbonyl (C=O) groups is 1. The second-order valence-corrected chi connectivity index (χ2v) is 6.33. The molecule has 0 aliphatic rings. The molecule has 0 saturated heterocycles. The summed E-state index contributed by atoms with van der Waals surface area (Å²) in [5.74, 6) is 0.237. The van der Waals surface area contributed by atoms with Crippen molar-refractivity contribution in [3.8, 4) is 5.69 Å². The van der Waals surface area contributed by atoms with E-state index in [1.807, 2.05) is 48.9 Å². The Morgan fingerprint density at radius 1 is 1.25 bits per heavy atom. The average molecular weight is 330 g/mol. The third-order valence-electron chi connectivity index (χ3n) is 3.90. The monoisotopic (exact) mass is 330 g/mol. The minimum atomic E-state index is -0.349. The van der Waals surface area contributed by atoms with Crippen molar-refractivity contribution in [1.29, 1.82) is 0 Å². The van der Waals surface area contributed by atoms with Crippen LogP contribution in [-0.2, 0) is 0 Å². The van der Waals surface area contributed by atoms with Crippen LogP contribution in [0.5, 0.6) is 0 Å². The van der Waals surface area contributed by atoms with Crippen LogP contribution in [0.1, 0.15) is 38.8 Å². The molecule has 130 valence electrons. The molecule has 0 spiro atoms. The second-order valence-electron chi connectivity index (χ2n) is 6.33. The molecule has 3 atom stereocenters. The third-order valence-corrected chi connectivity index (χ3v) is 3.90. The van der Waals surface area contributed by atoms with Gasteiger partial charge in [-0.15, -0.1) is 0 Å². The molecule has 1 heterocycles. The van der Waals surface area contributed by atoms with E-state index in [0.717, 1.165) is 11.3 Å². The Bertz CT molecular complexity index is 623. The van der Waals surface area contributed by atoms with E-state index < -0.39 is 0 Å². The van der Waals surface area contributed by atoms with Gasteiger partial charge in [-0.3, -0.25) is 0 Å². The van der Waals surface area contributed by atoms with Gasteiger partial charge in [0.05, 0.1) is 18.5 Å². The first-order valence-corrected chi connectivity index (χ1v) is 8.26. The molecule has 3 unspecified atom stereocenters. The number of nitrogens with zero attached hydrogens (tertiary/aromatic N) is 2. The first kappa shape index (κ1) is 18.0. The predicted octanol–water partition coefficient (Wildman–Crippen LogP) is 2.64. The van der Waals surface area contributed by atoms with Crippen molar-refractivity contribution in [3.05, 3.63) is 48.5 Å². The van der Waals surface area contributed by atoms with Crippen LogP contribution in [0.25, 0.3) is 5.69 Å². The van der Waals surface area contributed by atoms with E-state index in [4.69, 9.17) is 0 Å². The Kier molecular flexibility index (Phi) is 6.37. The van der Waals surface area contributed by atoms with Crippen LogP contribution in [0.4, 0.5) is 4.79 Å². The summed E-state index contributed by atoms with van der Waals surface area (Å²) >= 11 is 0. The Hall–Kier alpha value is -2.34. The van der Waals surface area contributed by atoms with Gasteiger partial charge < -0.3 is 20.3 Å². The molecule has 0 fully saturated rings. The summed E-state index contributed by atoms with van der Waals surface area (Å²) in [6.45, 7) is 6.26. The van der Waals surface area contributed by atoms with Gasteiger partial charge in [0.1, 0.15) is 0 Å². The van der Waals surface area contributed by atoms with E-state index in [1.54, 1.807) is 19.4 Å². The van der Waals surface area contributed by atoms with Crippen LogP contribution in [0.3, 0.4) is 0 Å². The van der Waals surface area contributed by atoms with Gasteiger partial charge in [0.2, 0.25) is 0 Å². The fraction of sp³-hybridized carbons (Fsp3) is 0.444. The molecular formula is C18H26N4O2. The molecule has 0 saturated carbocycles. The van der Waals surface area contributed by atoms with Gasteiger partial charge in [0.15, 0.2) is 0 Å². The van der Waals surface area contributed by atoms with Crippen molar-refractivity contribution < 1.29 is 9.90 Å². The van der Waals surface area contributed by atoms with Crippen molar-refractivity contribution >= 4 is 6.03 Å². The molecule has 6 heteroatoms. The van der Waals surface area contributed by atoms with Gasteiger partial charge in [-0.05, 0) is 43.9 Å². The maximum absolute atomic E-state index is 12.0. The predicted molar refractivity (Wildman–Crippen MR) is 94.0 cm³/mol. The minimum Gasteiger partial charge on any atom is -0.393 e. The molecule has 1 aromatic heterocycles. The number of urea groups is 1. The smallest absolute Gasteiger partial charge is 0.315 e. The Morgan fingerprint density at radius 3 is 2.54 bits per heavy atom. The zero-order valence-corrected chi connectivity index (χ0v) is 14.4. The number of amides is 2. The van der Waals surface area contributed by atoms with Gasteiger partial charge >= 0.3 is 6.03 Å². The number of hydrogen-bond donors (Lipinski definition) is 3. The molecule has 0 bridgehead atoms. The molecule has 2 aromatic rings. The number of aromatic nitrogens is 2. The van der Waals surface area contributed by atoms with Gasteiger partial charge in [-0.2, -0.15) is 0 Å². The molecule has 2 amide bonds. The Morgan fingerprint density at radius 2 is 1.96 bits per heavy atom. The maximum Gasteiger partial charge on any atom is 0.315 e. The molecule has 1 aromatic carbocycles. The van der Waals surface area contributed by atoms with E-state index in [2.05, 4.69) is 15.6 Å². The summed E-state index contributed by atoms with van der Waals surface area (Å²) < 4.78 is 1.93. The average Bonchev–Trinajstić information content (AvgIpc) is 3.07. The summed E-state index contributed by atoms with van der Waals surface area (Å²) in [6, 6.07) is 7.70. The van der Waals surface area contributed by atoms with Gasteiger partial charge in [-0.1, -0.05) is 19.1 Å². The minimum absolute atomic E-state index is 0.0890. The fourth-order valence-corrected chi connectivity index (χ4v) is 2.61. The SMILES string of the molecule is CC(O)CC(C)CNC(=O)NC(C)c1ccc(-n2ccnc2)cc1. The van der Waals surface area contributed by atoms with E-state index in [0.29, 0.717) is 13.0 Å². The highest BCUT2D eigenvalue weighted by Crippen LogP contribution is 2.15. The molecule has 0 radical (unpaired) electrons. The molecule has 0 aliphatic heterocycles. The number of imidazole rings is 1. The third kappa shape index (κ3) is 5.38. The standard InChI is InChI=1S/C18H26N4O2/c1-13(10-14(2)23)11-20-18(24)21-15(3)16-4-6-17(7-5-16)22-9-8-19-12-22/h4-9,12-15,23H,10-11H2,1-3H3,(H2,20,21,24). The van der Waals surface area contributed by atoms with Crippen LogP contribution in [0.15, 0.2) is 43.0 Å². The lowest BCUT2D eigenvalue weighted by Gasteiger charge is -2.18. The molecular weight excluding hydrogens is 304 g/mol. The van der Waals surface area contributed by atoms with Gasteiger partial charge in [0.25, 0.3) is 0 Å². The largest absolute Gasteiger partial charge is 0.393 e. The van der Waals surface area contributed by atoms with Crippen LogP contribution < -0.4 is 10.6 Å². The number of hydrogen-bond acceptors (Lipinski definition) is 3.